The molecule has 2 rings (SSSR count). The number of thiophene rings is 1. The molecule has 2 atom stereocenters. The van der Waals surface area contributed by atoms with Crippen LogP contribution in [-0.4, -0.2) is 41.1 Å². The summed E-state index contributed by atoms with van der Waals surface area (Å²) in [7, 11) is 6.30. The summed E-state index contributed by atoms with van der Waals surface area (Å²) < 4.78 is 2.10. The van der Waals surface area contributed by atoms with Gasteiger partial charge in [-0.15, -0.1) is 11.3 Å². The van der Waals surface area contributed by atoms with Crippen LogP contribution < -0.4 is 5.32 Å². The molecule has 0 saturated carbocycles. The molecule has 2 aromatic rings. The predicted octanol–water partition coefficient (Wildman–Crippen LogP) is 2.75. The fourth-order valence-electron chi connectivity index (χ4n) is 2.46. The zero-order chi connectivity index (χ0) is 15.4. The molecule has 4 nitrogen and oxygen atoms in total. The molecule has 0 aliphatic carbocycles. The number of hydrogen-bond donors (Lipinski definition) is 1. The number of aromatic nitrogens is 2. The van der Waals surface area contributed by atoms with Crippen LogP contribution >= 0.6 is 11.3 Å². The maximum Gasteiger partial charge on any atom is 0.131 e. The van der Waals surface area contributed by atoms with Crippen molar-refractivity contribution in [3.63, 3.8) is 0 Å². The molecule has 2 unspecified atom stereocenters. The van der Waals surface area contributed by atoms with E-state index in [2.05, 4.69) is 72.3 Å². The fourth-order valence-corrected chi connectivity index (χ4v) is 3.24. The Balaban J connectivity index is 2.26. The number of nitrogens with zero attached hydrogens (tertiary/aromatic N) is 3. The van der Waals surface area contributed by atoms with Crippen molar-refractivity contribution >= 4 is 11.3 Å². The molecule has 0 aliphatic rings. The second kappa shape index (κ2) is 7.20. The summed E-state index contributed by atoms with van der Waals surface area (Å²) in [6.07, 6.45) is 3.88. The average Bonchev–Trinajstić information content (AvgIpc) is 3.05. The van der Waals surface area contributed by atoms with Crippen LogP contribution in [0.15, 0.2) is 29.9 Å². The van der Waals surface area contributed by atoms with E-state index in [4.69, 9.17) is 0 Å². The van der Waals surface area contributed by atoms with Crippen LogP contribution in [0.1, 0.15) is 30.6 Å². The standard InChI is InChI=1S/C16H26N4S/c1-12(2)13(11-19(3)4)18-15(14-7-6-10-21-14)16-17-8-9-20(16)5/h6-10,12-13,15,18H,11H2,1-5H3. The molecule has 2 aromatic heterocycles. The van der Waals surface area contributed by atoms with E-state index in [0.717, 1.165) is 12.4 Å². The highest BCUT2D eigenvalue weighted by atomic mass is 32.1. The summed E-state index contributed by atoms with van der Waals surface area (Å²) in [5.41, 5.74) is 0. The summed E-state index contributed by atoms with van der Waals surface area (Å²) in [5, 5.41) is 5.94. The number of nitrogens with one attached hydrogen (secondary N) is 1. The van der Waals surface area contributed by atoms with Crippen molar-refractivity contribution in [2.24, 2.45) is 13.0 Å². The number of likely N-dealkylation sites (N-methyl/N-ethyl adjacent to an activating group) is 1. The van der Waals surface area contributed by atoms with Gasteiger partial charge in [0.2, 0.25) is 0 Å². The lowest BCUT2D eigenvalue weighted by atomic mass is 10.0. The number of rotatable bonds is 7. The number of aryl methyl sites for hydroxylation is 1. The lowest BCUT2D eigenvalue weighted by Gasteiger charge is -2.30. The van der Waals surface area contributed by atoms with Gasteiger partial charge in [-0.2, -0.15) is 0 Å². The van der Waals surface area contributed by atoms with Gasteiger partial charge in [0.1, 0.15) is 11.9 Å². The Morgan fingerprint density at radius 3 is 2.62 bits per heavy atom. The predicted molar refractivity (Wildman–Crippen MR) is 89.7 cm³/mol. The Kier molecular flexibility index (Phi) is 5.56. The van der Waals surface area contributed by atoms with Gasteiger partial charge >= 0.3 is 0 Å². The summed E-state index contributed by atoms with van der Waals surface area (Å²) >= 11 is 1.78. The minimum absolute atomic E-state index is 0.150. The molecule has 0 saturated heterocycles. The van der Waals surface area contributed by atoms with Crippen LogP contribution in [0.25, 0.3) is 0 Å². The van der Waals surface area contributed by atoms with Gasteiger partial charge in [-0.05, 0) is 31.5 Å². The molecule has 0 bridgehead atoms. The largest absolute Gasteiger partial charge is 0.336 e. The van der Waals surface area contributed by atoms with E-state index in [1.54, 1.807) is 11.3 Å². The van der Waals surface area contributed by atoms with Crippen molar-refractivity contribution in [1.29, 1.82) is 0 Å². The Morgan fingerprint density at radius 1 is 1.38 bits per heavy atom. The molecule has 21 heavy (non-hydrogen) atoms. The van der Waals surface area contributed by atoms with Crippen molar-refractivity contribution in [1.82, 2.24) is 19.8 Å². The molecule has 0 radical (unpaired) electrons. The number of hydrogen-bond acceptors (Lipinski definition) is 4. The first-order valence-electron chi connectivity index (χ1n) is 7.40. The Morgan fingerprint density at radius 2 is 2.14 bits per heavy atom. The van der Waals surface area contributed by atoms with Crippen LogP contribution in [0, 0.1) is 5.92 Å². The third kappa shape index (κ3) is 4.15. The van der Waals surface area contributed by atoms with E-state index >= 15 is 0 Å². The van der Waals surface area contributed by atoms with E-state index in [9.17, 15) is 0 Å². The zero-order valence-electron chi connectivity index (χ0n) is 13.6. The third-order valence-corrected chi connectivity index (χ3v) is 4.63. The zero-order valence-corrected chi connectivity index (χ0v) is 14.4. The van der Waals surface area contributed by atoms with Crippen LogP contribution in [-0.2, 0) is 7.05 Å². The van der Waals surface area contributed by atoms with Crippen molar-refractivity contribution < 1.29 is 0 Å². The summed E-state index contributed by atoms with van der Waals surface area (Å²) in [6, 6.07) is 4.86. The van der Waals surface area contributed by atoms with E-state index in [1.165, 1.54) is 4.88 Å². The monoisotopic (exact) mass is 306 g/mol. The molecule has 0 aliphatic heterocycles. The Bertz CT molecular complexity index is 530. The third-order valence-electron chi connectivity index (χ3n) is 3.69. The summed E-state index contributed by atoms with van der Waals surface area (Å²) in [4.78, 5) is 8.11. The molecular formula is C16H26N4S. The van der Waals surface area contributed by atoms with Gasteiger partial charge in [0.15, 0.2) is 0 Å². The molecule has 0 spiro atoms. The second-order valence-electron chi connectivity index (χ2n) is 6.12. The molecule has 0 fully saturated rings. The van der Waals surface area contributed by atoms with Gasteiger partial charge in [-0.1, -0.05) is 19.9 Å². The van der Waals surface area contributed by atoms with Crippen LogP contribution in [0.5, 0.6) is 0 Å². The van der Waals surface area contributed by atoms with Gasteiger partial charge in [0.05, 0.1) is 0 Å². The molecule has 5 heteroatoms. The molecule has 2 heterocycles. The minimum atomic E-state index is 0.150. The van der Waals surface area contributed by atoms with Crippen molar-refractivity contribution in [2.75, 3.05) is 20.6 Å². The first-order chi connectivity index (χ1) is 9.99. The van der Waals surface area contributed by atoms with Crippen molar-refractivity contribution in [2.45, 2.75) is 25.9 Å². The van der Waals surface area contributed by atoms with Gasteiger partial charge in [0, 0.05) is 36.9 Å². The highest BCUT2D eigenvalue weighted by molar-refractivity contribution is 7.10. The Labute approximate surface area is 131 Å². The van der Waals surface area contributed by atoms with Crippen molar-refractivity contribution in [3.8, 4) is 0 Å². The first-order valence-corrected chi connectivity index (χ1v) is 8.28. The smallest absolute Gasteiger partial charge is 0.131 e. The van der Waals surface area contributed by atoms with E-state index in [-0.39, 0.29) is 6.04 Å². The first kappa shape index (κ1) is 16.2. The summed E-state index contributed by atoms with van der Waals surface area (Å²) in [6.45, 7) is 5.56. The molecule has 1 N–H and O–H groups in total. The Hall–Kier alpha value is -1.17. The minimum Gasteiger partial charge on any atom is -0.336 e. The fraction of sp³-hybridized carbons (Fsp3) is 0.562. The van der Waals surface area contributed by atoms with Crippen LogP contribution in [0.2, 0.25) is 0 Å². The van der Waals surface area contributed by atoms with Gasteiger partial charge in [-0.3, -0.25) is 5.32 Å². The average molecular weight is 306 g/mol. The summed E-state index contributed by atoms with van der Waals surface area (Å²) in [5.74, 6) is 1.64. The van der Waals surface area contributed by atoms with Gasteiger partial charge in [0.25, 0.3) is 0 Å². The SMILES string of the molecule is CC(C)C(CN(C)C)NC(c1cccs1)c1nccn1C. The molecule has 0 aromatic carbocycles. The number of imidazole rings is 1. The van der Waals surface area contributed by atoms with Crippen molar-refractivity contribution in [3.05, 3.63) is 40.6 Å². The van der Waals surface area contributed by atoms with Crippen LogP contribution in [0.4, 0.5) is 0 Å². The van der Waals surface area contributed by atoms with Crippen LogP contribution in [0.3, 0.4) is 0 Å². The normalized spacial score (nSPS) is 14.8. The second-order valence-corrected chi connectivity index (χ2v) is 7.10. The molecule has 0 amide bonds. The topological polar surface area (TPSA) is 33.1 Å². The van der Waals surface area contributed by atoms with E-state index < -0.39 is 0 Å². The lowest BCUT2D eigenvalue weighted by molar-refractivity contribution is 0.275. The van der Waals surface area contributed by atoms with Gasteiger partial charge < -0.3 is 9.47 Å². The quantitative estimate of drug-likeness (QED) is 0.854. The van der Waals surface area contributed by atoms with E-state index in [1.807, 2.05) is 12.4 Å². The lowest BCUT2D eigenvalue weighted by Crippen LogP contribution is -2.44. The maximum atomic E-state index is 4.56. The highest BCUT2D eigenvalue weighted by Crippen LogP contribution is 2.26. The van der Waals surface area contributed by atoms with E-state index in [0.29, 0.717) is 12.0 Å². The maximum absolute atomic E-state index is 4.56. The van der Waals surface area contributed by atoms with Gasteiger partial charge in [-0.25, -0.2) is 4.98 Å². The molecular weight excluding hydrogens is 280 g/mol. The highest BCUT2D eigenvalue weighted by Gasteiger charge is 2.24. The molecule has 116 valence electrons.